The van der Waals surface area contributed by atoms with Gasteiger partial charge in [0.05, 0.1) is 15.7 Å². The second-order valence-electron chi connectivity index (χ2n) is 5.13. The van der Waals surface area contributed by atoms with Crippen molar-refractivity contribution in [1.29, 1.82) is 0 Å². The third-order valence-electron chi connectivity index (χ3n) is 3.95. The second kappa shape index (κ2) is 6.37. The molecule has 7 nitrogen and oxygen atoms in total. The van der Waals surface area contributed by atoms with Crippen molar-refractivity contribution in [2.24, 2.45) is 11.8 Å². The number of rotatable bonds is 3. The highest BCUT2D eigenvalue weighted by molar-refractivity contribution is 14.1. The largest absolute Gasteiger partial charge is 0.396 e. The molecule has 1 aromatic rings. The van der Waals surface area contributed by atoms with Gasteiger partial charge in [-0.05, 0) is 47.3 Å². The van der Waals surface area contributed by atoms with Crippen LogP contribution in [0, 0.1) is 15.4 Å². The quantitative estimate of drug-likeness (QED) is 0.492. The van der Waals surface area contributed by atoms with Gasteiger partial charge in [0.1, 0.15) is 0 Å². The summed E-state index contributed by atoms with van der Waals surface area (Å²) in [6.07, 6.45) is 1.32. The van der Waals surface area contributed by atoms with Crippen LogP contribution in [0.15, 0.2) is 15.8 Å². The maximum atomic E-state index is 11.9. The van der Waals surface area contributed by atoms with E-state index in [1.54, 1.807) is 0 Å². The topological polar surface area (TPSA) is 116 Å². The first-order valence-electron chi connectivity index (χ1n) is 6.38. The molecule has 1 aliphatic rings. The van der Waals surface area contributed by atoms with E-state index in [4.69, 9.17) is 0 Å². The fraction of sp³-hybridized carbons (Fsp3) is 0.667. The number of aliphatic hydroxyl groups excluding tert-OH is 3. The van der Waals surface area contributed by atoms with Crippen molar-refractivity contribution >= 4 is 22.6 Å². The van der Waals surface area contributed by atoms with Crippen LogP contribution in [0.2, 0.25) is 0 Å². The minimum absolute atomic E-state index is 0.104. The number of aliphatic hydroxyl groups is 3. The van der Waals surface area contributed by atoms with E-state index in [2.05, 4.69) is 4.98 Å². The number of aromatic nitrogens is 2. The lowest BCUT2D eigenvalue weighted by atomic mass is 9.76. The van der Waals surface area contributed by atoms with Gasteiger partial charge in [0.15, 0.2) is 0 Å². The van der Waals surface area contributed by atoms with Gasteiger partial charge in [-0.15, -0.1) is 0 Å². The van der Waals surface area contributed by atoms with Crippen molar-refractivity contribution in [3.8, 4) is 0 Å². The van der Waals surface area contributed by atoms with E-state index < -0.39 is 23.4 Å². The Labute approximate surface area is 128 Å². The van der Waals surface area contributed by atoms with Crippen molar-refractivity contribution in [3.05, 3.63) is 30.6 Å². The molecule has 0 radical (unpaired) electrons. The van der Waals surface area contributed by atoms with Crippen LogP contribution in [0.3, 0.4) is 0 Å². The van der Waals surface area contributed by atoms with Gasteiger partial charge >= 0.3 is 5.69 Å². The molecule has 112 valence electrons. The van der Waals surface area contributed by atoms with Gasteiger partial charge in [-0.1, -0.05) is 0 Å². The van der Waals surface area contributed by atoms with E-state index in [0.717, 1.165) is 0 Å². The number of halogens is 1. The van der Waals surface area contributed by atoms with E-state index in [1.807, 2.05) is 22.6 Å². The summed E-state index contributed by atoms with van der Waals surface area (Å²) in [5.74, 6) is -0.353. The summed E-state index contributed by atoms with van der Waals surface area (Å²) in [5, 5.41) is 28.8. The molecule has 8 heteroatoms. The average Bonchev–Trinajstić information content (AvgIpc) is 2.43. The van der Waals surface area contributed by atoms with Crippen LogP contribution >= 0.6 is 22.6 Å². The number of hydrogen-bond donors (Lipinski definition) is 4. The molecule has 4 unspecified atom stereocenters. The molecule has 1 aromatic heterocycles. The van der Waals surface area contributed by atoms with Gasteiger partial charge in [-0.3, -0.25) is 14.3 Å². The zero-order valence-electron chi connectivity index (χ0n) is 10.7. The number of aromatic amines is 1. The van der Waals surface area contributed by atoms with Crippen molar-refractivity contribution in [1.82, 2.24) is 9.55 Å². The summed E-state index contributed by atoms with van der Waals surface area (Å²) in [6.45, 7) is -0.212. The summed E-state index contributed by atoms with van der Waals surface area (Å²) in [6, 6.07) is -0.507. The van der Waals surface area contributed by atoms with E-state index in [0.29, 0.717) is 16.4 Å². The van der Waals surface area contributed by atoms with E-state index >= 15 is 0 Å². The maximum absolute atomic E-state index is 11.9. The lowest BCUT2D eigenvalue weighted by molar-refractivity contribution is -0.0163. The summed E-state index contributed by atoms with van der Waals surface area (Å²) < 4.78 is 1.67. The summed E-state index contributed by atoms with van der Waals surface area (Å²) >= 11 is 1.82. The molecule has 0 aliphatic heterocycles. The highest BCUT2D eigenvalue weighted by Gasteiger charge is 2.37. The summed E-state index contributed by atoms with van der Waals surface area (Å²) in [4.78, 5) is 25.4. The predicted molar refractivity (Wildman–Crippen MR) is 79.5 cm³/mol. The Morgan fingerprint density at radius 1 is 1.25 bits per heavy atom. The van der Waals surface area contributed by atoms with Gasteiger partial charge in [-0.2, -0.15) is 0 Å². The standard InChI is InChI=1S/C12H17IN2O5/c13-8-3-15(12(20)14-11(8)19)9-1-6(4-16)7(5-17)2-10(9)18/h3,6-7,9-10,16-18H,1-2,4-5H2,(H,14,19,20). The van der Waals surface area contributed by atoms with Crippen LogP contribution in [0.25, 0.3) is 0 Å². The monoisotopic (exact) mass is 396 g/mol. The fourth-order valence-electron chi connectivity index (χ4n) is 2.77. The highest BCUT2D eigenvalue weighted by Crippen LogP contribution is 2.35. The maximum Gasteiger partial charge on any atom is 0.328 e. The molecule has 0 bridgehead atoms. The number of nitrogens with zero attached hydrogens (tertiary/aromatic N) is 1. The van der Waals surface area contributed by atoms with Gasteiger partial charge in [0.25, 0.3) is 5.56 Å². The lowest BCUT2D eigenvalue weighted by Crippen LogP contribution is -2.44. The van der Waals surface area contributed by atoms with Crippen LogP contribution < -0.4 is 11.2 Å². The zero-order valence-corrected chi connectivity index (χ0v) is 12.9. The molecule has 1 aliphatic carbocycles. The van der Waals surface area contributed by atoms with Crippen LogP contribution in [0.1, 0.15) is 18.9 Å². The molecule has 0 spiro atoms. The van der Waals surface area contributed by atoms with Crippen LogP contribution in [0.5, 0.6) is 0 Å². The molecule has 20 heavy (non-hydrogen) atoms. The Hall–Kier alpha value is -0.710. The molecule has 0 amide bonds. The molecule has 4 N–H and O–H groups in total. The fourth-order valence-corrected chi connectivity index (χ4v) is 3.21. The van der Waals surface area contributed by atoms with Gasteiger partial charge in [-0.25, -0.2) is 4.79 Å². The predicted octanol–water partition coefficient (Wildman–Crippen LogP) is -0.946. The summed E-state index contributed by atoms with van der Waals surface area (Å²) in [5.41, 5.74) is -1.03. The third-order valence-corrected chi connectivity index (χ3v) is 4.72. The van der Waals surface area contributed by atoms with Crippen molar-refractivity contribution in [2.45, 2.75) is 25.0 Å². The first kappa shape index (κ1) is 15.7. The second-order valence-corrected chi connectivity index (χ2v) is 6.30. The summed E-state index contributed by atoms with van der Waals surface area (Å²) in [7, 11) is 0. The van der Waals surface area contributed by atoms with Crippen molar-refractivity contribution in [2.75, 3.05) is 13.2 Å². The Morgan fingerprint density at radius 3 is 2.45 bits per heavy atom. The van der Waals surface area contributed by atoms with Crippen molar-refractivity contribution < 1.29 is 15.3 Å². The average molecular weight is 396 g/mol. The van der Waals surface area contributed by atoms with E-state index in [1.165, 1.54) is 10.8 Å². The van der Waals surface area contributed by atoms with Crippen molar-refractivity contribution in [3.63, 3.8) is 0 Å². The molecular formula is C12H17IN2O5. The van der Waals surface area contributed by atoms with Crippen LogP contribution in [-0.2, 0) is 0 Å². The smallest absolute Gasteiger partial charge is 0.328 e. The third kappa shape index (κ3) is 2.97. The van der Waals surface area contributed by atoms with E-state index in [9.17, 15) is 24.9 Å². The first-order chi connectivity index (χ1) is 9.47. The number of nitrogens with one attached hydrogen (secondary N) is 1. The van der Waals surface area contributed by atoms with Crippen LogP contribution in [-0.4, -0.2) is 44.2 Å². The molecule has 0 saturated heterocycles. The molecule has 4 atom stereocenters. The Morgan fingerprint density at radius 2 is 1.85 bits per heavy atom. The number of hydrogen-bond acceptors (Lipinski definition) is 5. The molecule has 1 heterocycles. The van der Waals surface area contributed by atoms with E-state index in [-0.39, 0.29) is 25.0 Å². The van der Waals surface area contributed by atoms with Gasteiger partial charge < -0.3 is 15.3 Å². The van der Waals surface area contributed by atoms with Gasteiger partial charge in [0, 0.05) is 19.4 Å². The minimum Gasteiger partial charge on any atom is -0.396 e. The molecule has 2 rings (SSSR count). The number of H-pyrrole nitrogens is 1. The minimum atomic E-state index is -0.797. The Kier molecular flexibility index (Phi) is 4.99. The SMILES string of the molecule is O=c1[nH]c(=O)n(C2CC(CO)C(CO)CC2O)cc1I. The Bertz CT molecular complexity index is 584. The lowest BCUT2D eigenvalue weighted by Gasteiger charge is -2.38. The molecule has 0 aromatic carbocycles. The van der Waals surface area contributed by atoms with Crippen LogP contribution in [0.4, 0.5) is 0 Å². The normalized spacial score (nSPS) is 30.4. The Balaban J connectivity index is 2.35. The zero-order chi connectivity index (χ0) is 14.9. The molecular weight excluding hydrogens is 379 g/mol. The first-order valence-corrected chi connectivity index (χ1v) is 7.46. The van der Waals surface area contributed by atoms with Gasteiger partial charge in [0.2, 0.25) is 0 Å². The highest BCUT2D eigenvalue weighted by atomic mass is 127. The molecule has 1 fully saturated rings. The molecule has 1 saturated carbocycles.